The number of nitrogens with zero attached hydrogens (tertiary/aromatic N) is 1. The largest absolute Gasteiger partial charge is 0.302 e. The number of benzene rings is 1. The second-order valence-electron chi connectivity index (χ2n) is 5.69. The molecule has 0 saturated heterocycles. The average molecular weight is 327 g/mol. The van der Waals surface area contributed by atoms with Crippen molar-refractivity contribution < 1.29 is 4.39 Å². The third-order valence-electron chi connectivity index (χ3n) is 3.16. The minimum atomic E-state index is -0.398. The fourth-order valence-corrected chi connectivity index (χ4v) is 3.22. The zero-order valence-corrected chi connectivity index (χ0v) is 14.2. The van der Waals surface area contributed by atoms with Gasteiger partial charge in [0.1, 0.15) is 10.8 Å². The Morgan fingerprint density at radius 3 is 2.48 bits per heavy atom. The van der Waals surface area contributed by atoms with E-state index in [2.05, 4.69) is 38.4 Å². The molecule has 0 bridgehead atoms. The third-order valence-corrected chi connectivity index (χ3v) is 4.39. The highest BCUT2D eigenvalue weighted by molar-refractivity contribution is 7.09. The van der Waals surface area contributed by atoms with Crippen LogP contribution in [0.15, 0.2) is 23.6 Å². The van der Waals surface area contributed by atoms with Crippen LogP contribution in [0.2, 0.25) is 5.02 Å². The topological polar surface area (TPSA) is 24.9 Å². The summed E-state index contributed by atoms with van der Waals surface area (Å²) in [6.07, 6.45) is 0. The molecule has 0 amide bonds. The van der Waals surface area contributed by atoms with Crippen LogP contribution in [0.1, 0.15) is 55.9 Å². The van der Waals surface area contributed by atoms with Crippen LogP contribution in [-0.2, 0) is 0 Å². The first-order valence-electron chi connectivity index (χ1n) is 7.04. The van der Waals surface area contributed by atoms with Gasteiger partial charge in [-0.15, -0.1) is 11.3 Å². The van der Waals surface area contributed by atoms with Crippen LogP contribution in [0.5, 0.6) is 0 Å². The van der Waals surface area contributed by atoms with Crippen LogP contribution in [0.25, 0.3) is 0 Å². The van der Waals surface area contributed by atoms with Crippen LogP contribution in [0, 0.1) is 5.82 Å². The third kappa shape index (κ3) is 4.02. The highest BCUT2D eigenvalue weighted by Crippen LogP contribution is 2.29. The number of thiazole rings is 1. The van der Waals surface area contributed by atoms with Gasteiger partial charge in [0.25, 0.3) is 0 Å². The van der Waals surface area contributed by atoms with Crippen molar-refractivity contribution in [1.29, 1.82) is 0 Å². The first kappa shape index (κ1) is 16.4. The van der Waals surface area contributed by atoms with Gasteiger partial charge in [-0.2, -0.15) is 0 Å². The maximum absolute atomic E-state index is 13.7. The zero-order chi connectivity index (χ0) is 15.6. The fourth-order valence-electron chi connectivity index (χ4n) is 2.03. The molecule has 1 heterocycles. The number of aromatic nitrogens is 1. The van der Waals surface area contributed by atoms with Gasteiger partial charge >= 0.3 is 0 Å². The summed E-state index contributed by atoms with van der Waals surface area (Å²) in [5, 5.41) is 6.62. The van der Waals surface area contributed by atoms with Gasteiger partial charge in [-0.05, 0) is 37.5 Å². The van der Waals surface area contributed by atoms with E-state index in [9.17, 15) is 4.39 Å². The molecule has 0 saturated carbocycles. The van der Waals surface area contributed by atoms with Gasteiger partial charge in [-0.3, -0.25) is 0 Å². The van der Waals surface area contributed by atoms with Crippen molar-refractivity contribution in [3.05, 3.63) is 50.7 Å². The number of rotatable bonds is 5. The molecule has 1 N–H and O–H groups in total. The second kappa shape index (κ2) is 6.86. The van der Waals surface area contributed by atoms with Gasteiger partial charge in [0.15, 0.2) is 0 Å². The Kier molecular flexibility index (Phi) is 5.36. The average Bonchev–Trinajstić information content (AvgIpc) is 2.89. The molecule has 1 aromatic heterocycles. The maximum Gasteiger partial charge on any atom is 0.142 e. The predicted octanol–water partition coefficient (Wildman–Crippen LogP) is 5.15. The Bertz CT molecular complexity index is 610. The van der Waals surface area contributed by atoms with Gasteiger partial charge in [-0.25, -0.2) is 9.37 Å². The van der Waals surface area contributed by atoms with E-state index in [0.717, 1.165) is 16.3 Å². The lowest BCUT2D eigenvalue weighted by Crippen LogP contribution is -2.29. The molecule has 0 aliphatic rings. The molecule has 0 fully saturated rings. The first-order valence-corrected chi connectivity index (χ1v) is 8.30. The van der Waals surface area contributed by atoms with Crippen molar-refractivity contribution in [3.63, 3.8) is 0 Å². The number of nitrogens with one attached hydrogen (secondary N) is 1. The number of halogens is 2. The summed E-state index contributed by atoms with van der Waals surface area (Å²) in [5.41, 5.74) is 1.91. The van der Waals surface area contributed by atoms with E-state index in [1.807, 2.05) is 6.07 Å². The van der Waals surface area contributed by atoms with Crippen LogP contribution < -0.4 is 5.32 Å². The molecular formula is C16H20ClFN2S. The quantitative estimate of drug-likeness (QED) is 0.822. The van der Waals surface area contributed by atoms with Crippen molar-refractivity contribution in [2.45, 2.75) is 45.7 Å². The van der Waals surface area contributed by atoms with E-state index in [1.54, 1.807) is 17.4 Å². The standard InChI is InChI=1S/C16H20ClFN2S/c1-9(2)14-8-21-16(20-14)15(19-10(3)4)11-5-6-12(17)13(18)7-11/h5-10,15,19H,1-4H3. The highest BCUT2D eigenvalue weighted by atomic mass is 35.5. The molecule has 0 radical (unpaired) electrons. The molecule has 114 valence electrons. The molecule has 1 aromatic carbocycles. The molecule has 2 aromatic rings. The lowest BCUT2D eigenvalue weighted by molar-refractivity contribution is 0.522. The summed E-state index contributed by atoms with van der Waals surface area (Å²) in [6.45, 7) is 8.36. The second-order valence-corrected chi connectivity index (χ2v) is 6.99. The summed E-state index contributed by atoms with van der Waals surface area (Å²) >= 11 is 7.38. The molecule has 0 aliphatic carbocycles. The van der Waals surface area contributed by atoms with E-state index in [1.165, 1.54) is 6.07 Å². The molecule has 2 rings (SSSR count). The molecule has 0 spiro atoms. The first-order chi connectivity index (χ1) is 9.88. The normalized spacial score (nSPS) is 13.1. The molecule has 2 nitrogen and oxygen atoms in total. The smallest absolute Gasteiger partial charge is 0.142 e. The molecule has 21 heavy (non-hydrogen) atoms. The molecule has 0 aliphatic heterocycles. The summed E-state index contributed by atoms with van der Waals surface area (Å²) in [4.78, 5) is 4.69. The molecular weight excluding hydrogens is 307 g/mol. The Labute approximate surface area is 134 Å². The lowest BCUT2D eigenvalue weighted by Gasteiger charge is -2.20. The van der Waals surface area contributed by atoms with Gasteiger partial charge in [0.05, 0.1) is 16.8 Å². The van der Waals surface area contributed by atoms with Gasteiger partial charge in [0.2, 0.25) is 0 Å². The Morgan fingerprint density at radius 2 is 1.95 bits per heavy atom. The highest BCUT2D eigenvalue weighted by Gasteiger charge is 2.20. The number of hydrogen-bond donors (Lipinski definition) is 1. The minimum Gasteiger partial charge on any atom is -0.302 e. The van der Waals surface area contributed by atoms with Gasteiger partial charge in [0, 0.05) is 11.4 Å². The minimum absolute atomic E-state index is 0.116. The maximum atomic E-state index is 13.7. The van der Waals surface area contributed by atoms with Crippen molar-refractivity contribution in [3.8, 4) is 0 Å². The fraction of sp³-hybridized carbons (Fsp3) is 0.438. The van der Waals surface area contributed by atoms with Crippen LogP contribution >= 0.6 is 22.9 Å². The van der Waals surface area contributed by atoms with E-state index >= 15 is 0 Å². The van der Waals surface area contributed by atoms with E-state index < -0.39 is 5.82 Å². The van der Waals surface area contributed by atoms with Gasteiger partial charge in [-0.1, -0.05) is 31.5 Å². The monoisotopic (exact) mass is 326 g/mol. The van der Waals surface area contributed by atoms with Crippen LogP contribution in [-0.4, -0.2) is 11.0 Å². The lowest BCUT2D eigenvalue weighted by atomic mass is 10.1. The number of hydrogen-bond acceptors (Lipinski definition) is 3. The molecule has 1 atom stereocenters. The molecule has 5 heteroatoms. The van der Waals surface area contributed by atoms with E-state index in [-0.39, 0.29) is 17.1 Å². The Hall–Kier alpha value is -0.970. The summed E-state index contributed by atoms with van der Waals surface area (Å²) < 4.78 is 13.7. The van der Waals surface area contributed by atoms with Crippen molar-refractivity contribution in [2.24, 2.45) is 0 Å². The summed E-state index contributed by atoms with van der Waals surface area (Å²) in [6, 6.07) is 5.08. The molecule has 1 unspecified atom stereocenters. The van der Waals surface area contributed by atoms with E-state index in [0.29, 0.717) is 5.92 Å². The Balaban J connectivity index is 2.39. The van der Waals surface area contributed by atoms with Crippen molar-refractivity contribution in [1.82, 2.24) is 10.3 Å². The predicted molar refractivity (Wildman–Crippen MR) is 87.7 cm³/mol. The van der Waals surface area contributed by atoms with Crippen molar-refractivity contribution >= 4 is 22.9 Å². The zero-order valence-electron chi connectivity index (χ0n) is 12.7. The SMILES string of the molecule is CC(C)NC(c1ccc(Cl)c(F)c1)c1nc(C(C)C)cs1. The van der Waals surface area contributed by atoms with Crippen LogP contribution in [0.4, 0.5) is 4.39 Å². The van der Waals surface area contributed by atoms with Gasteiger partial charge < -0.3 is 5.32 Å². The summed E-state index contributed by atoms with van der Waals surface area (Å²) in [5.74, 6) is -0.0120. The van der Waals surface area contributed by atoms with Crippen molar-refractivity contribution in [2.75, 3.05) is 0 Å². The summed E-state index contributed by atoms with van der Waals surface area (Å²) in [7, 11) is 0. The van der Waals surface area contributed by atoms with E-state index in [4.69, 9.17) is 16.6 Å². The Morgan fingerprint density at radius 1 is 1.24 bits per heavy atom. The van der Waals surface area contributed by atoms with Crippen LogP contribution in [0.3, 0.4) is 0 Å².